The molecule has 62 heavy (non-hydrogen) atoms. The number of likely N-dealkylation sites (N-methyl/N-ethyl adjacent to an activating group) is 2. The Kier molecular flexibility index (Phi) is 16.8. The number of ketones is 1. The van der Waals surface area contributed by atoms with Gasteiger partial charge in [-0.3, -0.25) is 9.59 Å². The molecule has 0 unspecified atom stereocenters. The molecule has 0 bridgehead atoms. The second kappa shape index (κ2) is 20.6. The summed E-state index contributed by atoms with van der Waals surface area (Å²) in [7, 11) is 6.55. The van der Waals surface area contributed by atoms with Crippen LogP contribution in [0.1, 0.15) is 86.2 Å². The number of alkyl halides is 6. The minimum Gasteiger partial charge on any atom is -0.464 e. The van der Waals surface area contributed by atoms with Crippen molar-refractivity contribution in [1.29, 1.82) is 0 Å². The second-order valence-corrected chi connectivity index (χ2v) is 17.1. The lowest BCUT2D eigenvalue weighted by Crippen LogP contribution is -2.60. The minimum absolute atomic E-state index is 0.00667. The SMILES string of the molecule is CO[C@]1(C)C[C@@H](C)[C@H](OC(=O)c2cccc(C(F)(F)F)c2)[C@H](C)CN(C)CCOC(=O)[C@H](C)C(=O)[C@H](C)[C@H]1O[C@@H]1O[C@H](C)C[C@H](N(C)C)[C@H]1OC(=O)c1cccc(C(F)(F)F)c1. The van der Waals surface area contributed by atoms with Gasteiger partial charge in [0.25, 0.3) is 0 Å². The number of carbonyl (C=O) groups is 4. The molecule has 2 aliphatic rings. The van der Waals surface area contributed by atoms with Gasteiger partial charge in [-0.1, -0.05) is 32.9 Å². The molecule has 2 aliphatic heterocycles. The second-order valence-electron chi connectivity index (χ2n) is 17.1. The lowest BCUT2D eigenvalue weighted by Gasteiger charge is -2.48. The third-order valence-corrected chi connectivity index (χ3v) is 11.8. The molecule has 12 nitrogen and oxygen atoms in total. The van der Waals surface area contributed by atoms with Crippen LogP contribution in [0.3, 0.4) is 0 Å². The number of hydrogen-bond acceptors (Lipinski definition) is 12. The number of Topliss-reactive ketones (excluding diaryl/α,β-unsaturated/α-hetero) is 1. The molecule has 18 heteroatoms. The first-order valence-corrected chi connectivity index (χ1v) is 20.4. The molecule has 0 N–H and O–H groups in total. The third-order valence-electron chi connectivity index (χ3n) is 11.8. The highest BCUT2D eigenvalue weighted by Gasteiger charge is 2.51. The van der Waals surface area contributed by atoms with E-state index in [0.717, 1.165) is 24.3 Å². The van der Waals surface area contributed by atoms with Gasteiger partial charge >= 0.3 is 30.3 Å². The number of ether oxygens (including phenoxy) is 6. The van der Waals surface area contributed by atoms with E-state index in [9.17, 15) is 45.5 Å². The van der Waals surface area contributed by atoms with E-state index in [0.29, 0.717) is 18.6 Å². The molecule has 0 amide bonds. The highest BCUT2D eigenvalue weighted by atomic mass is 19.4. The van der Waals surface area contributed by atoms with Crippen LogP contribution in [-0.4, -0.2) is 124 Å². The predicted molar refractivity (Wildman–Crippen MR) is 213 cm³/mol. The first-order chi connectivity index (χ1) is 28.8. The Morgan fingerprint density at radius 2 is 1.37 bits per heavy atom. The van der Waals surface area contributed by atoms with Crippen molar-refractivity contribution in [2.75, 3.05) is 47.9 Å². The van der Waals surface area contributed by atoms with Crippen LogP contribution in [0.15, 0.2) is 48.5 Å². The number of hydrogen-bond donors (Lipinski definition) is 0. The van der Waals surface area contributed by atoms with Crippen LogP contribution < -0.4 is 0 Å². The molecule has 4 rings (SSSR count). The fraction of sp³-hybridized carbons (Fsp3) is 0.636. The first kappa shape index (κ1) is 50.5. The molecule has 2 aromatic carbocycles. The normalized spacial score (nSPS) is 31.4. The van der Waals surface area contributed by atoms with Crippen LogP contribution in [0.25, 0.3) is 0 Å². The molecular formula is C44H58F6N2O10. The summed E-state index contributed by atoms with van der Waals surface area (Å²) < 4.78 is 119. The van der Waals surface area contributed by atoms with E-state index in [1.54, 1.807) is 53.7 Å². The zero-order chi connectivity index (χ0) is 46.5. The largest absolute Gasteiger partial charge is 0.464 e. The van der Waals surface area contributed by atoms with Gasteiger partial charge < -0.3 is 38.2 Å². The maximum Gasteiger partial charge on any atom is 0.416 e. The van der Waals surface area contributed by atoms with Gasteiger partial charge in [0.05, 0.1) is 46.1 Å². The van der Waals surface area contributed by atoms with E-state index >= 15 is 0 Å². The zero-order valence-electron chi connectivity index (χ0n) is 36.7. The summed E-state index contributed by atoms with van der Waals surface area (Å²) in [6.45, 7) is 10.3. The topological polar surface area (TPSA) is 130 Å². The van der Waals surface area contributed by atoms with Crippen molar-refractivity contribution in [3.8, 4) is 0 Å². The summed E-state index contributed by atoms with van der Waals surface area (Å²) in [5, 5.41) is 0. The van der Waals surface area contributed by atoms with Gasteiger partial charge in [0, 0.05) is 32.0 Å². The van der Waals surface area contributed by atoms with Gasteiger partial charge in [0.15, 0.2) is 18.2 Å². The molecule has 11 atom stereocenters. The number of methoxy groups -OCH3 is 1. The summed E-state index contributed by atoms with van der Waals surface area (Å²) in [6, 6.07) is 7.05. The fourth-order valence-electron chi connectivity index (χ4n) is 8.37. The van der Waals surface area contributed by atoms with E-state index in [-0.39, 0.29) is 37.2 Å². The summed E-state index contributed by atoms with van der Waals surface area (Å²) in [5.41, 5.74) is -4.28. The third kappa shape index (κ3) is 12.5. The minimum atomic E-state index is -4.74. The molecule has 0 saturated carbocycles. The Labute approximate surface area is 358 Å². The van der Waals surface area contributed by atoms with Crippen molar-refractivity contribution in [1.82, 2.24) is 9.80 Å². The van der Waals surface area contributed by atoms with Crippen molar-refractivity contribution >= 4 is 23.7 Å². The van der Waals surface area contributed by atoms with Crippen LogP contribution in [0, 0.1) is 23.7 Å². The molecule has 2 heterocycles. The Morgan fingerprint density at radius 1 is 0.839 bits per heavy atom. The molecule has 0 radical (unpaired) electrons. The van der Waals surface area contributed by atoms with Crippen molar-refractivity contribution in [2.24, 2.45) is 23.7 Å². The molecule has 2 aromatic rings. The quantitative estimate of drug-likeness (QED) is 0.114. The first-order valence-electron chi connectivity index (χ1n) is 20.4. The molecule has 2 saturated heterocycles. The number of rotatable bonds is 8. The summed E-state index contributed by atoms with van der Waals surface area (Å²) >= 11 is 0. The fourth-order valence-corrected chi connectivity index (χ4v) is 8.37. The Morgan fingerprint density at radius 3 is 1.87 bits per heavy atom. The zero-order valence-corrected chi connectivity index (χ0v) is 36.7. The van der Waals surface area contributed by atoms with Crippen LogP contribution >= 0.6 is 0 Å². The van der Waals surface area contributed by atoms with E-state index in [1.165, 1.54) is 33.1 Å². The lowest BCUT2D eigenvalue weighted by atomic mass is 9.76. The smallest absolute Gasteiger partial charge is 0.416 e. The molecular weight excluding hydrogens is 830 g/mol. The molecule has 0 aromatic heterocycles. The van der Waals surface area contributed by atoms with Gasteiger partial charge in [-0.15, -0.1) is 0 Å². The van der Waals surface area contributed by atoms with Crippen LogP contribution in [0.2, 0.25) is 0 Å². The van der Waals surface area contributed by atoms with Crippen molar-refractivity contribution in [3.63, 3.8) is 0 Å². The van der Waals surface area contributed by atoms with Gasteiger partial charge in [-0.25, -0.2) is 9.59 Å². The summed E-state index contributed by atoms with van der Waals surface area (Å²) in [4.78, 5) is 58.4. The number of halogens is 6. The monoisotopic (exact) mass is 888 g/mol. The number of benzene rings is 2. The maximum absolute atomic E-state index is 14.3. The van der Waals surface area contributed by atoms with Gasteiger partial charge in [0.1, 0.15) is 18.6 Å². The highest BCUT2D eigenvalue weighted by Crippen LogP contribution is 2.39. The Bertz CT molecular complexity index is 1880. The van der Waals surface area contributed by atoms with Crippen LogP contribution in [0.5, 0.6) is 0 Å². The van der Waals surface area contributed by atoms with Gasteiger partial charge in [-0.2, -0.15) is 26.3 Å². The molecule has 2 fully saturated rings. The van der Waals surface area contributed by atoms with E-state index in [4.69, 9.17) is 28.4 Å². The summed E-state index contributed by atoms with van der Waals surface area (Å²) in [6.07, 6.45) is -14.7. The Hall–Kier alpha value is -4.10. The molecule has 0 aliphatic carbocycles. The number of nitrogens with zero attached hydrogens (tertiary/aromatic N) is 2. The van der Waals surface area contributed by atoms with Crippen molar-refractivity contribution in [3.05, 3.63) is 70.8 Å². The standard InChI is InChI=1S/C44H58F6N2O10/c1-24-22-42(6,57-10)37(62-41-36(33(51(7)8)19-26(3)59-41)61-40(56)30-14-12-16-32(21-30)44(48,49)50)27(4)34(53)28(5)38(54)58-18-17-52(9)23-25(2)35(24)60-39(55)29-13-11-15-31(20-29)43(45,46)47/h11-16,20-21,24-28,33,35-37,41H,17-19,22-23H2,1-10H3/t24-,25-,26-,27+,28-,33+,35+,36-,37-,41+,42-/m1/s1. The van der Waals surface area contributed by atoms with E-state index < -0.39 is 113 Å². The van der Waals surface area contributed by atoms with E-state index in [1.807, 2.05) is 4.90 Å². The van der Waals surface area contributed by atoms with Crippen molar-refractivity contribution < 1.29 is 73.9 Å². The number of cyclic esters (lactones) is 1. The van der Waals surface area contributed by atoms with Crippen LogP contribution in [-0.2, 0) is 50.4 Å². The highest BCUT2D eigenvalue weighted by molar-refractivity contribution is 6.00. The Balaban J connectivity index is 1.79. The van der Waals surface area contributed by atoms with Crippen LogP contribution in [0.4, 0.5) is 26.3 Å². The average Bonchev–Trinajstić information content (AvgIpc) is 3.20. The molecule has 0 spiro atoms. The lowest BCUT2D eigenvalue weighted by molar-refractivity contribution is -0.295. The molecule has 346 valence electrons. The van der Waals surface area contributed by atoms with Gasteiger partial charge in [0.2, 0.25) is 0 Å². The number of esters is 3. The van der Waals surface area contributed by atoms with Gasteiger partial charge in [-0.05, 0) is 97.1 Å². The van der Waals surface area contributed by atoms with Crippen molar-refractivity contribution in [2.45, 2.75) is 109 Å². The number of carbonyl (C=O) groups excluding carboxylic acids is 4. The average molecular weight is 889 g/mol. The predicted octanol–water partition coefficient (Wildman–Crippen LogP) is 7.32. The summed E-state index contributed by atoms with van der Waals surface area (Å²) in [5.74, 6) is -7.01. The van der Waals surface area contributed by atoms with E-state index in [2.05, 4.69) is 0 Å². The maximum atomic E-state index is 14.3.